The number of nitrogens with one attached hydrogen (secondary N) is 1. The van der Waals surface area contributed by atoms with Crippen molar-refractivity contribution < 1.29 is 23.9 Å². The lowest BCUT2D eigenvalue weighted by molar-refractivity contribution is -0.150. The zero-order chi connectivity index (χ0) is 30.8. The number of amides is 1. The van der Waals surface area contributed by atoms with Crippen LogP contribution in [0.2, 0.25) is 0 Å². The molecule has 6 heteroatoms. The summed E-state index contributed by atoms with van der Waals surface area (Å²) in [6, 6.07) is 17.9. The maximum absolute atomic E-state index is 12.9. The summed E-state index contributed by atoms with van der Waals surface area (Å²) < 4.78 is 10.8. The Morgan fingerprint density at radius 2 is 1.02 bits per heavy atom. The number of benzene rings is 2. The van der Waals surface area contributed by atoms with Crippen molar-refractivity contribution in [3.63, 3.8) is 0 Å². The monoisotopic (exact) mass is 593 g/mol. The Labute approximate surface area is 260 Å². The molecule has 2 aromatic carbocycles. The average molecular weight is 594 g/mol. The lowest BCUT2D eigenvalue weighted by atomic mass is 10.0. The third kappa shape index (κ3) is 18.9. The Balaban J connectivity index is 1.62. The minimum absolute atomic E-state index is 0.0111. The molecule has 0 bridgehead atoms. The fourth-order valence-corrected chi connectivity index (χ4v) is 5.07. The van der Waals surface area contributed by atoms with Gasteiger partial charge in [-0.15, -0.1) is 0 Å². The minimum Gasteiger partial charge on any atom is -0.461 e. The molecule has 0 heterocycles. The Bertz CT molecular complexity index is 995. The smallest absolute Gasteiger partial charge is 0.328 e. The van der Waals surface area contributed by atoms with Crippen LogP contribution in [-0.4, -0.2) is 23.9 Å². The van der Waals surface area contributed by atoms with Crippen LogP contribution >= 0.6 is 0 Å². The number of hydrogen-bond donors (Lipinski definition) is 1. The Hall–Kier alpha value is -3.15. The van der Waals surface area contributed by atoms with Gasteiger partial charge in [0.25, 0.3) is 0 Å². The van der Waals surface area contributed by atoms with Gasteiger partial charge in [0.15, 0.2) is 0 Å². The topological polar surface area (TPSA) is 81.7 Å². The van der Waals surface area contributed by atoms with Crippen molar-refractivity contribution in [2.24, 2.45) is 0 Å². The highest BCUT2D eigenvalue weighted by Crippen LogP contribution is 2.14. The first-order chi connectivity index (χ1) is 21.1. The molecular weight excluding hydrogens is 538 g/mol. The molecule has 1 atom stereocenters. The number of hydrogen-bond acceptors (Lipinski definition) is 5. The van der Waals surface area contributed by atoms with Crippen LogP contribution in [0.3, 0.4) is 0 Å². The quantitative estimate of drug-likeness (QED) is 0.0918. The van der Waals surface area contributed by atoms with E-state index in [0.29, 0.717) is 6.42 Å². The molecule has 2 aromatic rings. The molecule has 238 valence electrons. The van der Waals surface area contributed by atoms with Crippen molar-refractivity contribution in [1.82, 2.24) is 5.32 Å². The maximum Gasteiger partial charge on any atom is 0.328 e. The molecule has 0 fully saturated rings. The lowest BCUT2D eigenvalue weighted by Crippen LogP contribution is -2.42. The summed E-state index contributed by atoms with van der Waals surface area (Å²) in [4.78, 5) is 37.9. The van der Waals surface area contributed by atoms with Gasteiger partial charge in [-0.3, -0.25) is 9.59 Å². The molecule has 1 amide bonds. The molecule has 43 heavy (non-hydrogen) atoms. The van der Waals surface area contributed by atoms with Crippen LogP contribution in [0.5, 0.6) is 0 Å². The first-order valence-corrected chi connectivity index (χ1v) is 16.8. The van der Waals surface area contributed by atoms with Crippen LogP contribution in [-0.2, 0) is 37.1 Å². The first-order valence-electron chi connectivity index (χ1n) is 16.8. The average Bonchev–Trinajstić information content (AvgIpc) is 3.03. The molecule has 0 saturated heterocycles. The van der Waals surface area contributed by atoms with Gasteiger partial charge in [0.1, 0.15) is 19.3 Å². The summed E-state index contributed by atoms with van der Waals surface area (Å²) in [5.74, 6) is -1.14. The number of unbranched alkanes of at least 4 members (excludes halogenated alkanes) is 14. The number of ether oxygens (including phenoxy) is 2. The van der Waals surface area contributed by atoms with Gasteiger partial charge in [-0.25, -0.2) is 4.79 Å². The number of carbonyl (C=O) groups is 3. The molecular formula is C37H55NO5. The second-order valence-electron chi connectivity index (χ2n) is 11.6. The van der Waals surface area contributed by atoms with Crippen LogP contribution in [0.25, 0.3) is 0 Å². The van der Waals surface area contributed by atoms with Gasteiger partial charge in [-0.1, -0.05) is 157 Å². The zero-order valence-corrected chi connectivity index (χ0v) is 26.5. The fourth-order valence-electron chi connectivity index (χ4n) is 5.07. The molecule has 1 N–H and O–H groups in total. The van der Waals surface area contributed by atoms with Crippen LogP contribution in [0.15, 0.2) is 60.7 Å². The number of rotatable bonds is 25. The van der Waals surface area contributed by atoms with Crippen LogP contribution in [0.1, 0.15) is 134 Å². The largest absolute Gasteiger partial charge is 0.461 e. The summed E-state index contributed by atoms with van der Waals surface area (Å²) in [6.45, 7) is 2.55. The standard InChI is InChI=1S/C37H55NO5/c1-2-3-4-5-6-7-8-9-10-11-12-13-14-15-22-27-35(39)38-34(37(41)43-31-33-25-20-17-21-26-33)28-29-36(40)42-30-32-23-18-16-19-24-32/h16-21,23-26,34H,2-15,22,27-31H2,1H3,(H,38,39). The predicted molar refractivity (Wildman–Crippen MR) is 173 cm³/mol. The van der Waals surface area contributed by atoms with Gasteiger partial charge in [-0.05, 0) is 24.0 Å². The van der Waals surface area contributed by atoms with Gasteiger partial charge in [0, 0.05) is 12.8 Å². The normalized spacial score (nSPS) is 11.6. The van der Waals surface area contributed by atoms with E-state index >= 15 is 0 Å². The van der Waals surface area contributed by atoms with Crippen molar-refractivity contribution in [2.45, 2.75) is 142 Å². The van der Waals surface area contributed by atoms with E-state index in [2.05, 4.69) is 12.2 Å². The second-order valence-corrected chi connectivity index (χ2v) is 11.6. The van der Waals surface area contributed by atoms with Crippen molar-refractivity contribution in [1.29, 1.82) is 0 Å². The molecule has 0 aromatic heterocycles. The van der Waals surface area contributed by atoms with E-state index in [4.69, 9.17) is 9.47 Å². The maximum atomic E-state index is 12.9. The summed E-state index contributed by atoms with van der Waals surface area (Å²) in [5.41, 5.74) is 1.76. The SMILES string of the molecule is CCCCCCCCCCCCCCCCCC(=O)NC(CCC(=O)OCc1ccccc1)C(=O)OCc1ccccc1. The first kappa shape index (κ1) is 36.0. The highest BCUT2D eigenvalue weighted by atomic mass is 16.5. The van der Waals surface area contributed by atoms with E-state index < -0.39 is 18.0 Å². The van der Waals surface area contributed by atoms with Gasteiger partial charge in [0.2, 0.25) is 5.91 Å². The fraction of sp³-hybridized carbons (Fsp3) is 0.595. The van der Waals surface area contributed by atoms with Crippen molar-refractivity contribution >= 4 is 17.8 Å². The summed E-state index contributed by atoms with van der Waals surface area (Å²) >= 11 is 0. The second kappa shape index (κ2) is 24.3. The van der Waals surface area contributed by atoms with Gasteiger partial charge in [-0.2, -0.15) is 0 Å². The Morgan fingerprint density at radius 1 is 0.581 bits per heavy atom. The third-order valence-corrected chi connectivity index (χ3v) is 7.73. The summed E-state index contributed by atoms with van der Waals surface area (Å²) in [7, 11) is 0. The van der Waals surface area contributed by atoms with E-state index in [1.807, 2.05) is 60.7 Å². The van der Waals surface area contributed by atoms with Gasteiger partial charge >= 0.3 is 11.9 Å². The van der Waals surface area contributed by atoms with Gasteiger partial charge in [0.05, 0.1) is 0 Å². The lowest BCUT2D eigenvalue weighted by Gasteiger charge is -2.18. The van der Waals surface area contributed by atoms with E-state index in [1.165, 1.54) is 77.0 Å². The molecule has 6 nitrogen and oxygen atoms in total. The highest BCUT2D eigenvalue weighted by molar-refractivity contribution is 5.85. The van der Waals surface area contributed by atoms with Crippen LogP contribution in [0, 0.1) is 0 Å². The number of esters is 2. The summed E-state index contributed by atoms with van der Waals surface area (Å²) in [6.07, 6.45) is 19.5. The number of carbonyl (C=O) groups excluding carboxylic acids is 3. The molecule has 0 spiro atoms. The van der Waals surface area contributed by atoms with E-state index in [1.54, 1.807) is 0 Å². The third-order valence-electron chi connectivity index (χ3n) is 7.73. The minimum atomic E-state index is -0.892. The van der Waals surface area contributed by atoms with E-state index in [-0.39, 0.29) is 32.0 Å². The van der Waals surface area contributed by atoms with Crippen molar-refractivity contribution in [2.75, 3.05) is 0 Å². The molecule has 0 radical (unpaired) electrons. The van der Waals surface area contributed by atoms with E-state index in [9.17, 15) is 14.4 Å². The molecule has 0 aliphatic heterocycles. The van der Waals surface area contributed by atoms with Crippen molar-refractivity contribution in [3.05, 3.63) is 71.8 Å². The van der Waals surface area contributed by atoms with Gasteiger partial charge < -0.3 is 14.8 Å². The molecule has 0 aliphatic rings. The molecule has 1 unspecified atom stereocenters. The molecule has 0 aliphatic carbocycles. The summed E-state index contributed by atoms with van der Waals surface area (Å²) in [5, 5.41) is 2.81. The van der Waals surface area contributed by atoms with E-state index in [0.717, 1.165) is 30.4 Å². The van der Waals surface area contributed by atoms with Crippen LogP contribution < -0.4 is 5.32 Å². The van der Waals surface area contributed by atoms with Crippen LogP contribution in [0.4, 0.5) is 0 Å². The highest BCUT2D eigenvalue weighted by Gasteiger charge is 2.23. The Kier molecular flexibility index (Phi) is 20.4. The predicted octanol–water partition coefficient (Wildman–Crippen LogP) is 9.00. The Morgan fingerprint density at radius 3 is 1.51 bits per heavy atom. The van der Waals surface area contributed by atoms with Crippen molar-refractivity contribution in [3.8, 4) is 0 Å². The molecule has 0 saturated carbocycles. The zero-order valence-electron chi connectivity index (χ0n) is 26.5. The molecule has 2 rings (SSSR count).